The van der Waals surface area contributed by atoms with Crippen LogP contribution in [-0.4, -0.2) is 33.1 Å². The summed E-state index contributed by atoms with van der Waals surface area (Å²) in [6.45, 7) is 0. The van der Waals surface area contributed by atoms with Crippen LogP contribution in [0.4, 0.5) is 0 Å². The summed E-state index contributed by atoms with van der Waals surface area (Å²) in [6, 6.07) is 8.25. The molecule has 0 atom stereocenters. The summed E-state index contributed by atoms with van der Waals surface area (Å²) >= 11 is 0. The van der Waals surface area contributed by atoms with Crippen LogP contribution < -0.4 is 9.47 Å². The van der Waals surface area contributed by atoms with Crippen LogP contribution in [-0.2, 0) is 0 Å². The van der Waals surface area contributed by atoms with E-state index >= 15 is 0 Å². The van der Waals surface area contributed by atoms with E-state index in [0.29, 0.717) is 5.75 Å². The summed E-state index contributed by atoms with van der Waals surface area (Å²) in [5.41, 5.74) is 0. The van der Waals surface area contributed by atoms with Gasteiger partial charge < -0.3 is 9.47 Å². The molecule has 0 aliphatic rings. The van der Waals surface area contributed by atoms with Gasteiger partial charge in [0.15, 0.2) is 0 Å². The van der Waals surface area contributed by atoms with Gasteiger partial charge in [0.25, 0.3) is 0 Å². The van der Waals surface area contributed by atoms with Crippen LogP contribution in [0.2, 0.25) is 0 Å². The molecule has 3 heteroatoms. The summed E-state index contributed by atoms with van der Waals surface area (Å²) < 4.78 is 9.88. The Kier molecular flexibility index (Phi) is 4.85. The van der Waals surface area contributed by atoms with E-state index in [2.05, 4.69) is 6.07 Å². The standard InChI is InChI=1S/C8H9O2.Li.H/c1-9-7-4-3-5-8(6-7)10-2;;/h3-4,6H,1-2H3;;. The molecule has 0 N–H and O–H groups in total. The number of benzene rings is 1. The summed E-state index contributed by atoms with van der Waals surface area (Å²) in [7, 11) is 3.22. The van der Waals surface area contributed by atoms with Crippen molar-refractivity contribution in [2.75, 3.05) is 14.2 Å². The molecule has 0 amide bonds. The first-order valence-corrected chi connectivity index (χ1v) is 2.96. The quantitative estimate of drug-likeness (QED) is 0.574. The minimum absolute atomic E-state index is 0. The van der Waals surface area contributed by atoms with Gasteiger partial charge in [0.2, 0.25) is 0 Å². The Balaban J connectivity index is 0.000001000. The van der Waals surface area contributed by atoms with Crippen molar-refractivity contribution in [1.82, 2.24) is 0 Å². The third-order valence-electron chi connectivity index (χ3n) is 1.20. The van der Waals surface area contributed by atoms with Crippen molar-refractivity contribution >= 4 is 18.9 Å². The second kappa shape index (κ2) is 5.12. The van der Waals surface area contributed by atoms with Crippen LogP contribution >= 0.6 is 0 Å². The van der Waals surface area contributed by atoms with Crippen LogP contribution in [0.3, 0.4) is 0 Å². The van der Waals surface area contributed by atoms with Gasteiger partial charge in [-0.3, -0.25) is 0 Å². The molecular formula is C8H10LiO2. The Bertz CT molecular complexity index is 194. The fourth-order valence-corrected chi connectivity index (χ4v) is 0.670. The first kappa shape index (κ1) is 10.4. The van der Waals surface area contributed by atoms with Gasteiger partial charge in [0.05, 0.1) is 14.2 Å². The molecule has 1 aromatic carbocycles. The average molecular weight is 145 g/mol. The maximum absolute atomic E-state index is 4.96. The number of methoxy groups -OCH3 is 2. The van der Waals surface area contributed by atoms with Gasteiger partial charge in [-0.2, -0.15) is 0 Å². The Hall–Kier alpha value is -0.583. The number of ether oxygens (including phenoxy) is 2. The predicted molar refractivity (Wildman–Crippen MR) is 45.5 cm³/mol. The third kappa shape index (κ3) is 2.88. The second-order valence-corrected chi connectivity index (χ2v) is 1.80. The van der Waals surface area contributed by atoms with Crippen LogP contribution in [0.5, 0.6) is 11.5 Å². The molecule has 2 nitrogen and oxygen atoms in total. The molecule has 55 valence electrons. The van der Waals surface area contributed by atoms with Gasteiger partial charge in [-0.15, -0.1) is 0 Å². The Labute approximate surface area is 78.7 Å². The maximum atomic E-state index is 4.96. The van der Waals surface area contributed by atoms with Crippen molar-refractivity contribution in [1.29, 1.82) is 0 Å². The third-order valence-corrected chi connectivity index (χ3v) is 1.20. The van der Waals surface area contributed by atoms with Gasteiger partial charge in [-0.1, -0.05) is 0 Å². The first-order valence-electron chi connectivity index (χ1n) is 2.96. The minimum atomic E-state index is 0. The molecule has 0 heterocycles. The zero-order valence-corrected chi connectivity index (χ0v) is 6.05. The van der Waals surface area contributed by atoms with Gasteiger partial charge in [-0.05, 0) is 12.1 Å². The van der Waals surface area contributed by atoms with Gasteiger partial charge in [0.1, 0.15) is 11.5 Å². The molecule has 0 fully saturated rings. The van der Waals surface area contributed by atoms with Gasteiger partial charge >= 0.3 is 18.9 Å². The van der Waals surface area contributed by atoms with E-state index in [9.17, 15) is 0 Å². The zero-order valence-electron chi connectivity index (χ0n) is 6.05. The summed E-state index contributed by atoms with van der Waals surface area (Å²) in [5.74, 6) is 1.48. The SMILES string of the molecule is COc1[c]ccc(OC)c1.[LiH]. The molecule has 0 aromatic heterocycles. The molecular weight excluding hydrogens is 135 g/mol. The van der Waals surface area contributed by atoms with Crippen molar-refractivity contribution < 1.29 is 9.47 Å². The van der Waals surface area contributed by atoms with Gasteiger partial charge in [0, 0.05) is 12.1 Å². The Morgan fingerprint density at radius 1 is 1.27 bits per heavy atom. The van der Waals surface area contributed by atoms with E-state index in [4.69, 9.17) is 9.47 Å². The van der Waals surface area contributed by atoms with Gasteiger partial charge in [-0.25, -0.2) is 0 Å². The predicted octanol–water partition coefficient (Wildman–Crippen LogP) is 0.855. The van der Waals surface area contributed by atoms with E-state index in [1.165, 1.54) is 0 Å². The van der Waals surface area contributed by atoms with E-state index in [1.807, 2.05) is 6.07 Å². The van der Waals surface area contributed by atoms with Crippen molar-refractivity contribution in [3.8, 4) is 11.5 Å². The van der Waals surface area contributed by atoms with Crippen LogP contribution in [0.1, 0.15) is 0 Å². The molecule has 0 aliphatic heterocycles. The van der Waals surface area contributed by atoms with E-state index in [1.54, 1.807) is 26.4 Å². The molecule has 11 heavy (non-hydrogen) atoms. The summed E-state index contributed by atoms with van der Waals surface area (Å²) in [5, 5.41) is 0. The molecule has 0 saturated carbocycles. The second-order valence-electron chi connectivity index (χ2n) is 1.80. The molecule has 0 saturated heterocycles. The summed E-state index contributed by atoms with van der Waals surface area (Å²) in [6.07, 6.45) is 0. The van der Waals surface area contributed by atoms with E-state index in [0.717, 1.165) is 5.75 Å². The van der Waals surface area contributed by atoms with Crippen LogP contribution in [0.25, 0.3) is 0 Å². The normalized spacial score (nSPS) is 8.18. The fraction of sp³-hybridized carbons (Fsp3) is 0.250. The Morgan fingerprint density at radius 2 is 2.00 bits per heavy atom. The summed E-state index contributed by atoms with van der Waals surface area (Å²) in [4.78, 5) is 0. The van der Waals surface area contributed by atoms with Crippen LogP contribution in [0, 0.1) is 6.07 Å². The average Bonchev–Trinajstić information content (AvgIpc) is 2.05. The monoisotopic (exact) mass is 145 g/mol. The molecule has 1 radical (unpaired) electrons. The molecule has 1 rings (SSSR count). The molecule has 1 aromatic rings. The number of rotatable bonds is 2. The molecule has 0 bridgehead atoms. The first-order chi connectivity index (χ1) is 4.86. The number of hydrogen-bond acceptors (Lipinski definition) is 2. The molecule has 0 spiro atoms. The van der Waals surface area contributed by atoms with Crippen molar-refractivity contribution in [3.05, 3.63) is 24.3 Å². The zero-order chi connectivity index (χ0) is 7.40. The van der Waals surface area contributed by atoms with Crippen molar-refractivity contribution in [2.24, 2.45) is 0 Å². The fourth-order valence-electron chi connectivity index (χ4n) is 0.670. The Morgan fingerprint density at radius 3 is 2.55 bits per heavy atom. The van der Waals surface area contributed by atoms with Crippen LogP contribution in [0.15, 0.2) is 18.2 Å². The van der Waals surface area contributed by atoms with E-state index in [-0.39, 0.29) is 18.9 Å². The van der Waals surface area contributed by atoms with Crippen molar-refractivity contribution in [3.63, 3.8) is 0 Å². The molecule has 0 unspecified atom stereocenters. The van der Waals surface area contributed by atoms with Crippen molar-refractivity contribution in [2.45, 2.75) is 0 Å². The van der Waals surface area contributed by atoms with E-state index < -0.39 is 0 Å². The molecule has 0 aliphatic carbocycles. The topological polar surface area (TPSA) is 18.5 Å². The number of hydrogen-bond donors (Lipinski definition) is 0.